The summed E-state index contributed by atoms with van der Waals surface area (Å²) in [6.45, 7) is 9.05. The van der Waals surface area contributed by atoms with Gasteiger partial charge >= 0.3 is 0 Å². The predicted octanol–water partition coefficient (Wildman–Crippen LogP) is 4.33. The highest BCUT2D eigenvalue weighted by Gasteiger charge is 2.21. The number of fused-ring (bicyclic) bond motifs is 1. The third-order valence-corrected chi connectivity index (χ3v) is 4.13. The number of hydrogen-bond donors (Lipinski definition) is 1. The molecule has 1 aliphatic rings. The number of aromatic nitrogens is 1. The molecule has 2 heteroatoms. The summed E-state index contributed by atoms with van der Waals surface area (Å²) in [5.74, 6) is 0. The average molecular weight is 270 g/mol. The Labute approximate surface area is 122 Å². The van der Waals surface area contributed by atoms with E-state index in [0.717, 1.165) is 19.1 Å². The van der Waals surface area contributed by atoms with Crippen LogP contribution in [0, 0.1) is 5.41 Å². The lowest BCUT2D eigenvalue weighted by atomic mass is 9.92. The topological polar surface area (TPSA) is 17.0 Å². The molecule has 108 valence electrons. The Bertz CT molecular complexity index is 585. The van der Waals surface area contributed by atoms with Crippen LogP contribution in [0.25, 0.3) is 10.9 Å². The normalized spacial score (nSPS) is 15.9. The first kappa shape index (κ1) is 13.7. The first-order valence-electron chi connectivity index (χ1n) is 7.83. The molecule has 1 fully saturated rings. The van der Waals surface area contributed by atoms with E-state index in [1.807, 2.05) is 0 Å². The number of rotatable bonds is 5. The molecule has 0 unspecified atom stereocenters. The Kier molecular flexibility index (Phi) is 3.59. The Morgan fingerprint density at radius 1 is 1.20 bits per heavy atom. The first-order valence-corrected chi connectivity index (χ1v) is 7.83. The molecular formula is C18H26N2. The summed E-state index contributed by atoms with van der Waals surface area (Å²) in [6.07, 6.45) is 6.26. The van der Waals surface area contributed by atoms with Gasteiger partial charge in [0, 0.05) is 36.2 Å². The largest absolute Gasteiger partial charge is 0.347 e. The molecular weight excluding hydrogens is 244 g/mol. The molecule has 1 aromatic heterocycles. The van der Waals surface area contributed by atoms with Crippen molar-refractivity contribution in [3.8, 4) is 0 Å². The summed E-state index contributed by atoms with van der Waals surface area (Å²) in [7, 11) is 0. The van der Waals surface area contributed by atoms with E-state index >= 15 is 0 Å². The maximum Gasteiger partial charge on any atom is 0.0483 e. The maximum absolute atomic E-state index is 3.64. The zero-order chi connectivity index (χ0) is 14.2. The van der Waals surface area contributed by atoms with Gasteiger partial charge in [-0.1, -0.05) is 39.0 Å². The van der Waals surface area contributed by atoms with E-state index in [2.05, 4.69) is 61.1 Å². The standard InChI is InChI=1S/C18H26N2/c1-18(2,3)10-11-20-13-14(12-19-15-8-9-15)16-6-4-5-7-17(16)20/h4-7,13,15,19H,8-12H2,1-3H3. The summed E-state index contributed by atoms with van der Waals surface area (Å²) >= 11 is 0. The first-order chi connectivity index (χ1) is 9.53. The fourth-order valence-electron chi connectivity index (χ4n) is 2.65. The van der Waals surface area contributed by atoms with Gasteiger partial charge in [-0.05, 0) is 36.3 Å². The van der Waals surface area contributed by atoms with Crippen molar-refractivity contribution in [2.24, 2.45) is 5.41 Å². The molecule has 0 bridgehead atoms. The lowest BCUT2D eigenvalue weighted by Crippen LogP contribution is -2.15. The molecule has 2 nitrogen and oxygen atoms in total. The molecule has 1 saturated carbocycles. The number of nitrogens with one attached hydrogen (secondary N) is 1. The molecule has 0 aliphatic heterocycles. The van der Waals surface area contributed by atoms with E-state index in [1.165, 1.54) is 35.7 Å². The third kappa shape index (κ3) is 3.24. The van der Waals surface area contributed by atoms with E-state index in [4.69, 9.17) is 0 Å². The van der Waals surface area contributed by atoms with Gasteiger partial charge in [0.15, 0.2) is 0 Å². The van der Waals surface area contributed by atoms with Crippen molar-refractivity contribution in [1.82, 2.24) is 9.88 Å². The van der Waals surface area contributed by atoms with Gasteiger partial charge in [0.05, 0.1) is 0 Å². The fraction of sp³-hybridized carbons (Fsp3) is 0.556. The number of hydrogen-bond acceptors (Lipinski definition) is 1. The van der Waals surface area contributed by atoms with Gasteiger partial charge in [-0.15, -0.1) is 0 Å². The van der Waals surface area contributed by atoms with Crippen molar-refractivity contribution in [3.05, 3.63) is 36.0 Å². The van der Waals surface area contributed by atoms with Crippen molar-refractivity contribution < 1.29 is 0 Å². The molecule has 1 aliphatic carbocycles. The highest BCUT2D eigenvalue weighted by Crippen LogP contribution is 2.26. The summed E-state index contributed by atoms with van der Waals surface area (Å²) in [5.41, 5.74) is 3.21. The molecule has 3 rings (SSSR count). The Morgan fingerprint density at radius 3 is 2.65 bits per heavy atom. The molecule has 1 aromatic carbocycles. The van der Waals surface area contributed by atoms with Crippen LogP contribution in [0.1, 0.15) is 45.6 Å². The van der Waals surface area contributed by atoms with Crippen LogP contribution in [0.15, 0.2) is 30.5 Å². The van der Waals surface area contributed by atoms with Crippen LogP contribution in [0.4, 0.5) is 0 Å². The average Bonchev–Trinajstić information content (AvgIpc) is 3.16. The van der Waals surface area contributed by atoms with E-state index in [1.54, 1.807) is 0 Å². The van der Waals surface area contributed by atoms with Crippen molar-refractivity contribution in [2.75, 3.05) is 0 Å². The minimum atomic E-state index is 0.387. The van der Waals surface area contributed by atoms with Crippen LogP contribution >= 0.6 is 0 Å². The van der Waals surface area contributed by atoms with Gasteiger partial charge in [-0.2, -0.15) is 0 Å². The van der Waals surface area contributed by atoms with E-state index in [9.17, 15) is 0 Å². The smallest absolute Gasteiger partial charge is 0.0483 e. The lowest BCUT2D eigenvalue weighted by Gasteiger charge is -2.18. The SMILES string of the molecule is CC(C)(C)CCn1cc(CNC2CC2)c2ccccc21. The molecule has 0 spiro atoms. The Morgan fingerprint density at radius 2 is 1.95 bits per heavy atom. The fourth-order valence-corrected chi connectivity index (χ4v) is 2.65. The van der Waals surface area contributed by atoms with Crippen molar-refractivity contribution in [2.45, 2.75) is 59.2 Å². The number of nitrogens with zero attached hydrogens (tertiary/aromatic N) is 1. The Balaban J connectivity index is 1.83. The van der Waals surface area contributed by atoms with Crippen LogP contribution in [-0.2, 0) is 13.1 Å². The lowest BCUT2D eigenvalue weighted by molar-refractivity contribution is 0.353. The molecule has 0 atom stereocenters. The number of aryl methyl sites for hydroxylation is 1. The van der Waals surface area contributed by atoms with Gasteiger partial charge in [-0.3, -0.25) is 0 Å². The molecule has 20 heavy (non-hydrogen) atoms. The monoisotopic (exact) mass is 270 g/mol. The van der Waals surface area contributed by atoms with Gasteiger partial charge in [0.1, 0.15) is 0 Å². The molecule has 2 aromatic rings. The van der Waals surface area contributed by atoms with Gasteiger partial charge < -0.3 is 9.88 Å². The molecule has 0 saturated heterocycles. The van der Waals surface area contributed by atoms with E-state index < -0.39 is 0 Å². The zero-order valence-electron chi connectivity index (χ0n) is 12.9. The second kappa shape index (κ2) is 5.25. The van der Waals surface area contributed by atoms with Gasteiger partial charge in [0.25, 0.3) is 0 Å². The maximum atomic E-state index is 3.64. The van der Waals surface area contributed by atoms with Crippen LogP contribution < -0.4 is 5.32 Å². The molecule has 0 radical (unpaired) electrons. The predicted molar refractivity (Wildman–Crippen MR) is 85.9 cm³/mol. The summed E-state index contributed by atoms with van der Waals surface area (Å²) < 4.78 is 2.44. The van der Waals surface area contributed by atoms with E-state index in [0.29, 0.717) is 5.41 Å². The summed E-state index contributed by atoms with van der Waals surface area (Å²) in [4.78, 5) is 0. The summed E-state index contributed by atoms with van der Waals surface area (Å²) in [5, 5.41) is 5.05. The van der Waals surface area contributed by atoms with Gasteiger partial charge in [0.2, 0.25) is 0 Å². The van der Waals surface area contributed by atoms with Crippen molar-refractivity contribution >= 4 is 10.9 Å². The van der Waals surface area contributed by atoms with Crippen molar-refractivity contribution in [3.63, 3.8) is 0 Å². The van der Waals surface area contributed by atoms with Crippen LogP contribution in [0.2, 0.25) is 0 Å². The zero-order valence-corrected chi connectivity index (χ0v) is 12.9. The second-order valence-electron chi connectivity index (χ2n) is 7.33. The molecule has 0 amide bonds. The quantitative estimate of drug-likeness (QED) is 0.855. The Hall–Kier alpha value is -1.28. The molecule has 1 heterocycles. The minimum Gasteiger partial charge on any atom is -0.347 e. The number of para-hydroxylation sites is 1. The molecule has 1 N–H and O–H groups in total. The minimum absolute atomic E-state index is 0.387. The number of benzene rings is 1. The highest BCUT2D eigenvalue weighted by atomic mass is 15.0. The van der Waals surface area contributed by atoms with Crippen LogP contribution in [0.5, 0.6) is 0 Å². The van der Waals surface area contributed by atoms with E-state index in [-0.39, 0.29) is 0 Å². The van der Waals surface area contributed by atoms with Gasteiger partial charge in [-0.25, -0.2) is 0 Å². The van der Waals surface area contributed by atoms with Crippen molar-refractivity contribution in [1.29, 1.82) is 0 Å². The second-order valence-corrected chi connectivity index (χ2v) is 7.33. The highest BCUT2D eigenvalue weighted by molar-refractivity contribution is 5.83. The van der Waals surface area contributed by atoms with Crippen LogP contribution in [0.3, 0.4) is 0 Å². The van der Waals surface area contributed by atoms with Crippen LogP contribution in [-0.4, -0.2) is 10.6 Å². The third-order valence-electron chi connectivity index (χ3n) is 4.13. The summed E-state index contributed by atoms with van der Waals surface area (Å²) in [6, 6.07) is 9.57.